The van der Waals surface area contributed by atoms with E-state index in [9.17, 15) is 4.79 Å². The van der Waals surface area contributed by atoms with Crippen molar-refractivity contribution in [1.29, 1.82) is 0 Å². The molecule has 0 saturated carbocycles. The summed E-state index contributed by atoms with van der Waals surface area (Å²) >= 11 is 0. The van der Waals surface area contributed by atoms with Gasteiger partial charge in [-0.2, -0.15) is 0 Å². The van der Waals surface area contributed by atoms with Gasteiger partial charge in [-0.15, -0.1) is 12.4 Å². The Balaban J connectivity index is 0.00000162. The van der Waals surface area contributed by atoms with Crippen LogP contribution in [-0.2, 0) is 4.79 Å². The third kappa shape index (κ3) is 4.94. The maximum atomic E-state index is 11.5. The van der Waals surface area contributed by atoms with Crippen LogP contribution in [0.5, 0.6) is 5.75 Å². The maximum absolute atomic E-state index is 11.5. The summed E-state index contributed by atoms with van der Waals surface area (Å²) in [6.45, 7) is 1.83. The van der Waals surface area contributed by atoms with Crippen LogP contribution in [0.3, 0.4) is 0 Å². The van der Waals surface area contributed by atoms with Crippen LogP contribution in [0.4, 0.5) is 0 Å². The Hall–Kier alpha value is -1.26. The first-order chi connectivity index (χ1) is 8.34. The van der Waals surface area contributed by atoms with Crippen molar-refractivity contribution in [1.82, 2.24) is 10.6 Å². The lowest BCUT2D eigenvalue weighted by atomic mass is 10.2. The van der Waals surface area contributed by atoms with Crippen LogP contribution in [-0.4, -0.2) is 31.6 Å². The number of para-hydroxylation sites is 1. The van der Waals surface area contributed by atoms with E-state index in [0.717, 1.165) is 18.7 Å². The fourth-order valence-corrected chi connectivity index (χ4v) is 1.88. The fourth-order valence-electron chi connectivity index (χ4n) is 1.88. The van der Waals surface area contributed by atoms with Gasteiger partial charge in [-0.3, -0.25) is 4.79 Å². The second-order valence-electron chi connectivity index (χ2n) is 4.20. The first kappa shape index (κ1) is 14.8. The molecule has 1 aromatic carbocycles. The molecule has 1 unspecified atom stereocenters. The third-order valence-electron chi connectivity index (χ3n) is 2.82. The van der Waals surface area contributed by atoms with Crippen molar-refractivity contribution in [3.8, 4) is 5.75 Å². The average Bonchev–Trinajstić information content (AvgIpc) is 2.88. The molecule has 0 spiro atoms. The van der Waals surface area contributed by atoms with Crippen LogP contribution in [0.25, 0.3) is 0 Å². The molecule has 1 aliphatic heterocycles. The van der Waals surface area contributed by atoms with Crippen LogP contribution < -0.4 is 15.4 Å². The molecule has 1 heterocycles. The van der Waals surface area contributed by atoms with Crippen molar-refractivity contribution in [3.63, 3.8) is 0 Å². The molecule has 18 heavy (non-hydrogen) atoms. The Labute approximate surface area is 114 Å². The lowest BCUT2D eigenvalue weighted by molar-refractivity contribution is -0.123. The highest BCUT2D eigenvalue weighted by Crippen LogP contribution is 2.07. The summed E-state index contributed by atoms with van der Waals surface area (Å²) < 4.78 is 5.35. The zero-order valence-corrected chi connectivity index (χ0v) is 11.0. The predicted molar refractivity (Wildman–Crippen MR) is 73.2 cm³/mol. The molecule has 0 aromatic heterocycles. The van der Waals surface area contributed by atoms with Gasteiger partial charge < -0.3 is 15.4 Å². The number of ether oxygens (including phenoxy) is 1. The number of benzene rings is 1. The number of amides is 1. The monoisotopic (exact) mass is 270 g/mol. The van der Waals surface area contributed by atoms with E-state index in [1.54, 1.807) is 0 Å². The summed E-state index contributed by atoms with van der Waals surface area (Å²) in [7, 11) is 0. The van der Waals surface area contributed by atoms with E-state index in [2.05, 4.69) is 10.6 Å². The number of carbonyl (C=O) groups excluding carboxylic acids is 1. The number of nitrogens with one attached hydrogen (secondary N) is 2. The quantitative estimate of drug-likeness (QED) is 0.849. The third-order valence-corrected chi connectivity index (χ3v) is 2.82. The SMILES string of the molecule is Cl.O=C(COc1ccccc1)NCC1CCCN1. The molecule has 2 N–H and O–H groups in total. The first-order valence-electron chi connectivity index (χ1n) is 6.02. The summed E-state index contributed by atoms with van der Waals surface area (Å²) in [5.41, 5.74) is 0. The Morgan fingerprint density at radius 3 is 2.83 bits per heavy atom. The smallest absolute Gasteiger partial charge is 0.257 e. The molecule has 1 atom stereocenters. The Morgan fingerprint density at radius 2 is 2.17 bits per heavy atom. The second kappa shape index (κ2) is 7.95. The van der Waals surface area contributed by atoms with E-state index in [4.69, 9.17) is 4.74 Å². The average molecular weight is 271 g/mol. The van der Waals surface area contributed by atoms with Crippen LogP contribution >= 0.6 is 12.4 Å². The van der Waals surface area contributed by atoms with Crippen LogP contribution in [0, 0.1) is 0 Å². The molecule has 1 saturated heterocycles. The van der Waals surface area contributed by atoms with Gasteiger partial charge in [0.15, 0.2) is 6.61 Å². The number of rotatable bonds is 5. The molecule has 100 valence electrons. The largest absolute Gasteiger partial charge is 0.484 e. The lowest BCUT2D eigenvalue weighted by Crippen LogP contribution is -2.39. The van der Waals surface area contributed by atoms with Gasteiger partial charge in [-0.05, 0) is 31.5 Å². The minimum absolute atomic E-state index is 0. The Bertz CT molecular complexity index is 353. The molecule has 0 bridgehead atoms. The Morgan fingerprint density at radius 1 is 1.39 bits per heavy atom. The molecular formula is C13H19ClN2O2. The lowest BCUT2D eigenvalue weighted by Gasteiger charge is -2.11. The van der Waals surface area contributed by atoms with Gasteiger partial charge in [0.1, 0.15) is 5.75 Å². The summed E-state index contributed by atoms with van der Waals surface area (Å²) in [5, 5.41) is 6.20. The first-order valence-corrected chi connectivity index (χ1v) is 6.02. The standard InChI is InChI=1S/C13H18N2O2.ClH/c16-13(15-9-11-5-4-8-14-11)10-17-12-6-2-1-3-7-12;/h1-3,6-7,11,14H,4-5,8-10H2,(H,15,16);1H. The molecule has 2 rings (SSSR count). The van der Waals surface area contributed by atoms with Gasteiger partial charge in [-0.1, -0.05) is 18.2 Å². The van der Waals surface area contributed by atoms with Crippen LogP contribution in [0.1, 0.15) is 12.8 Å². The molecule has 1 fully saturated rings. The molecule has 0 radical (unpaired) electrons. The summed E-state index contributed by atoms with van der Waals surface area (Å²) in [4.78, 5) is 11.5. The number of hydrogen-bond acceptors (Lipinski definition) is 3. The molecule has 4 nitrogen and oxygen atoms in total. The van der Waals surface area contributed by atoms with Gasteiger partial charge in [0.2, 0.25) is 0 Å². The van der Waals surface area contributed by atoms with Gasteiger partial charge in [0.05, 0.1) is 0 Å². The van der Waals surface area contributed by atoms with E-state index in [1.165, 1.54) is 6.42 Å². The number of halogens is 1. The number of hydrogen-bond donors (Lipinski definition) is 2. The highest BCUT2D eigenvalue weighted by atomic mass is 35.5. The summed E-state index contributed by atoms with van der Waals surface area (Å²) in [5.74, 6) is 0.657. The molecular weight excluding hydrogens is 252 g/mol. The van der Waals surface area contributed by atoms with E-state index in [0.29, 0.717) is 12.6 Å². The second-order valence-corrected chi connectivity index (χ2v) is 4.20. The highest BCUT2D eigenvalue weighted by molar-refractivity contribution is 5.85. The van der Waals surface area contributed by atoms with Crippen molar-refractivity contribution in [2.45, 2.75) is 18.9 Å². The normalized spacial score (nSPS) is 17.9. The molecule has 5 heteroatoms. The van der Waals surface area contributed by atoms with Gasteiger partial charge in [0.25, 0.3) is 5.91 Å². The highest BCUT2D eigenvalue weighted by Gasteiger charge is 2.14. The number of carbonyl (C=O) groups is 1. The van der Waals surface area contributed by atoms with E-state index in [1.807, 2.05) is 30.3 Å². The van der Waals surface area contributed by atoms with Gasteiger partial charge in [0, 0.05) is 12.6 Å². The minimum Gasteiger partial charge on any atom is -0.484 e. The molecule has 0 aliphatic carbocycles. The predicted octanol–water partition coefficient (Wildman–Crippen LogP) is 1.36. The van der Waals surface area contributed by atoms with Crippen molar-refractivity contribution in [3.05, 3.63) is 30.3 Å². The van der Waals surface area contributed by atoms with Crippen molar-refractivity contribution in [2.24, 2.45) is 0 Å². The zero-order valence-electron chi connectivity index (χ0n) is 10.2. The van der Waals surface area contributed by atoms with E-state index >= 15 is 0 Å². The molecule has 1 aliphatic rings. The minimum atomic E-state index is -0.0671. The van der Waals surface area contributed by atoms with Gasteiger partial charge >= 0.3 is 0 Å². The van der Waals surface area contributed by atoms with Crippen LogP contribution in [0.15, 0.2) is 30.3 Å². The Kier molecular flexibility index (Phi) is 6.54. The van der Waals surface area contributed by atoms with Gasteiger partial charge in [-0.25, -0.2) is 0 Å². The molecule has 1 amide bonds. The summed E-state index contributed by atoms with van der Waals surface area (Å²) in [6.07, 6.45) is 2.33. The van der Waals surface area contributed by atoms with E-state index in [-0.39, 0.29) is 24.9 Å². The summed E-state index contributed by atoms with van der Waals surface area (Å²) in [6, 6.07) is 9.79. The van der Waals surface area contributed by atoms with Crippen molar-refractivity contribution < 1.29 is 9.53 Å². The molecule has 1 aromatic rings. The zero-order chi connectivity index (χ0) is 11.9. The van der Waals surface area contributed by atoms with Crippen molar-refractivity contribution in [2.75, 3.05) is 19.7 Å². The van der Waals surface area contributed by atoms with Crippen molar-refractivity contribution >= 4 is 18.3 Å². The maximum Gasteiger partial charge on any atom is 0.257 e. The van der Waals surface area contributed by atoms with Crippen LogP contribution in [0.2, 0.25) is 0 Å². The topological polar surface area (TPSA) is 50.4 Å². The van der Waals surface area contributed by atoms with E-state index < -0.39 is 0 Å². The fraction of sp³-hybridized carbons (Fsp3) is 0.462.